The predicted molar refractivity (Wildman–Crippen MR) is 118 cm³/mol. The summed E-state index contributed by atoms with van der Waals surface area (Å²) in [6.07, 6.45) is 6.74. The summed E-state index contributed by atoms with van der Waals surface area (Å²) in [6.45, 7) is 8.15. The van der Waals surface area contributed by atoms with Crippen LogP contribution >= 0.6 is 0 Å². The number of carbonyl (C=O) groups excluding carboxylic acids is 2. The van der Waals surface area contributed by atoms with Crippen molar-refractivity contribution >= 4 is 17.4 Å². The zero-order chi connectivity index (χ0) is 20.5. The molecular formula is C24H34N4O2. The third-order valence-electron chi connectivity index (χ3n) is 7.59. The predicted octanol–water partition coefficient (Wildman–Crippen LogP) is 2.02. The topological polar surface area (TPSA) is 47.1 Å². The van der Waals surface area contributed by atoms with Crippen LogP contribution in [-0.4, -0.2) is 91.3 Å². The Morgan fingerprint density at radius 1 is 0.900 bits per heavy atom. The number of amides is 1. The van der Waals surface area contributed by atoms with E-state index in [0.717, 1.165) is 76.8 Å². The number of aryl methyl sites for hydroxylation is 1. The van der Waals surface area contributed by atoms with Gasteiger partial charge in [0.05, 0.1) is 6.54 Å². The Bertz CT molecular complexity index is 790. The largest absolute Gasteiger partial charge is 0.369 e. The average Bonchev–Trinajstić information content (AvgIpc) is 2.73. The lowest BCUT2D eigenvalue weighted by molar-refractivity contribution is -0.134. The van der Waals surface area contributed by atoms with Gasteiger partial charge in [0.15, 0.2) is 5.78 Å². The van der Waals surface area contributed by atoms with Gasteiger partial charge in [0, 0.05) is 76.1 Å². The molecule has 0 radical (unpaired) electrons. The third kappa shape index (κ3) is 4.12. The van der Waals surface area contributed by atoms with Gasteiger partial charge in [-0.05, 0) is 49.4 Å². The van der Waals surface area contributed by atoms with E-state index in [2.05, 4.69) is 31.7 Å². The Hall–Kier alpha value is -1.92. The van der Waals surface area contributed by atoms with Gasteiger partial charge in [0.1, 0.15) is 0 Å². The zero-order valence-corrected chi connectivity index (χ0v) is 18.0. The van der Waals surface area contributed by atoms with Crippen LogP contribution in [0.2, 0.25) is 0 Å². The van der Waals surface area contributed by atoms with Crippen molar-refractivity contribution in [2.45, 2.75) is 44.6 Å². The van der Waals surface area contributed by atoms with Crippen LogP contribution in [0.5, 0.6) is 0 Å². The molecular weight excluding hydrogens is 376 g/mol. The molecule has 30 heavy (non-hydrogen) atoms. The SMILES string of the molecule is O=C1CCCc2cc(N3CCN(CC(=O)N4CCN(C5CCC5)CC4)CC3)ccc21. The van der Waals surface area contributed by atoms with Crippen LogP contribution in [0.15, 0.2) is 18.2 Å². The van der Waals surface area contributed by atoms with Crippen molar-refractivity contribution in [2.24, 2.45) is 0 Å². The molecule has 0 bridgehead atoms. The van der Waals surface area contributed by atoms with Gasteiger partial charge in [-0.25, -0.2) is 0 Å². The summed E-state index contributed by atoms with van der Waals surface area (Å²) in [5.74, 6) is 0.587. The molecule has 2 aliphatic carbocycles. The van der Waals surface area contributed by atoms with Gasteiger partial charge in [-0.2, -0.15) is 0 Å². The van der Waals surface area contributed by atoms with E-state index < -0.39 is 0 Å². The molecule has 6 heteroatoms. The Morgan fingerprint density at radius 3 is 2.37 bits per heavy atom. The maximum absolute atomic E-state index is 12.8. The van der Waals surface area contributed by atoms with Crippen molar-refractivity contribution in [3.05, 3.63) is 29.3 Å². The smallest absolute Gasteiger partial charge is 0.236 e. The van der Waals surface area contributed by atoms with Crippen LogP contribution in [0.1, 0.15) is 48.0 Å². The van der Waals surface area contributed by atoms with Gasteiger partial charge in [-0.1, -0.05) is 6.42 Å². The van der Waals surface area contributed by atoms with Crippen LogP contribution in [0.3, 0.4) is 0 Å². The lowest BCUT2D eigenvalue weighted by atomic mass is 9.90. The van der Waals surface area contributed by atoms with E-state index >= 15 is 0 Å². The number of ketones is 1. The summed E-state index contributed by atoms with van der Waals surface area (Å²) in [5.41, 5.74) is 3.36. The summed E-state index contributed by atoms with van der Waals surface area (Å²) in [7, 11) is 0. The fraction of sp³-hybridized carbons (Fsp3) is 0.667. The van der Waals surface area contributed by atoms with Crippen LogP contribution in [0, 0.1) is 0 Å². The van der Waals surface area contributed by atoms with Gasteiger partial charge in [0.25, 0.3) is 0 Å². The second kappa shape index (κ2) is 8.67. The summed E-state index contributed by atoms with van der Waals surface area (Å²) in [6, 6.07) is 7.13. The summed E-state index contributed by atoms with van der Waals surface area (Å²) < 4.78 is 0. The van der Waals surface area contributed by atoms with E-state index in [9.17, 15) is 9.59 Å². The highest BCUT2D eigenvalue weighted by Crippen LogP contribution is 2.27. The van der Waals surface area contributed by atoms with Crippen LogP contribution in [0.4, 0.5) is 5.69 Å². The van der Waals surface area contributed by atoms with Crippen molar-refractivity contribution in [1.82, 2.24) is 14.7 Å². The van der Waals surface area contributed by atoms with Gasteiger partial charge in [-0.3, -0.25) is 19.4 Å². The average molecular weight is 411 g/mol. The van der Waals surface area contributed by atoms with Crippen molar-refractivity contribution in [3.63, 3.8) is 0 Å². The molecule has 5 rings (SSSR count). The highest BCUT2D eigenvalue weighted by Gasteiger charge is 2.30. The molecule has 162 valence electrons. The highest BCUT2D eigenvalue weighted by molar-refractivity contribution is 5.98. The molecule has 2 aliphatic heterocycles. The summed E-state index contributed by atoms with van der Waals surface area (Å²) in [4.78, 5) is 34.2. The molecule has 4 aliphatic rings. The fourth-order valence-corrected chi connectivity index (χ4v) is 5.37. The molecule has 1 saturated carbocycles. The molecule has 0 spiro atoms. The number of anilines is 1. The molecule has 1 aromatic rings. The molecule has 0 N–H and O–H groups in total. The Kier molecular flexibility index (Phi) is 5.79. The number of rotatable bonds is 4. The first-order chi connectivity index (χ1) is 14.7. The number of hydrogen-bond acceptors (Lipinski definition) is 5. The van der Waals surface area contributed by atoms with Crippen LogP contribution < -0.4 is 4.90 Å². The van der Waals surface area contributed by atoms with E-state index in [0.29, 0.717) is 24.7 Å². The quantitative estimate of drug-likeness (QED) is 0.760. The van der Waals surface area contributed by atoms with Crippen LogP contribution in [0.25, 0.3) is 0 Å². The van der Waals surface area contributed by atoms with E-state index in [4.69, 9.17) is 0 Å². The van der Waals surface area contributed by atoms with Gasteiger partial charge in [-0.15, -0.1) is 0 Å². The highest BCUT2D eigenvalue weighted by atomic mass is 16.2. The summed E-state index contributed by atoms with van der Waals surface area (Å²) in [5, 5.41) is 0. The number of benzene rings is 1. The molecule has 6 nitrogen and oxygen atoms in total. The molecule has 2 saturated heterocycles. The van der Waals surface area contributed by atoms with Gasteiger partial charge < -0.3 is 9.80 Å². The first-order valence-corrected chi connectivity index (χ1v) is 11.8. The molecule has 0 aromatic heterocycles. The van der Waals surface area contributed by atoms with Crippen molar-refractivity contribution in [2.75, 3.05) is 63.8 Å². The minimum Gasteiger partial charge on any atom is -0.369 e. The van der Waals surface area contributed by atoms with E-state index in [1.54, 1.807) is 0 Å². The summed E-state index contributed by atoms with van der Waals surface area (Å²) >= 11 is 0. The molecule has 1 amide bonds. The second-order valence-electron chi connectivity index (χ2n) is 9.38. The van der Waals surface area contributed by atoms with E-state index in [-0.39, 0.29) is 0 Å². The lowest BCUT2D eigenvalue weighted by Gasteiger charge is -2.43. The first kappa shape index (κ1) is 20.0. The van der Waals surface area contributed by atoms with Crippen molar-refractivity contribution < 1.29 is 9.59 Å². The molecule has 0 atom stereocenters. The number of Topliss-reactive ketones (excluding diaryl/α,β-unsaturated/α-hetero) is 1. The molecule has 3 fully saturated rings. The number of fused-ring (bicyclic) bond motifs is 1. The van der Waals surface area contributed by atoms with Gasteiger partial charge >= 0.3 is 0 Å². The van der Waals surface area contributed by atoms with Crippen molar-refractivity contribution in [1.29, 1.82) is 0 Å². The number of piperazine rings is 2. The standard InChI is InChI=1S/C24H34N4O2/c29-23-6-1-3-19-17-21(7-8-22(19)23)27-11-9-25(10-12-27)18-24(30)28-15-13-26(14-16-28)20-4-2-5-20/h7-8,17,20H,1-6,9-16,18H2. The van der Waals surface area contributed by atoms with E-state index in [1.165, 1.54) is 30.5 Å². The Labute approximate surface area is 179 Å². The minimum absolute atomic E-state index is 0.291. The molecule has 2 heterocycles. The zero-order valence-electron chi connectivity index (χ0n) is 18.0. The number of nitrogens with zero attached hydrogens (tertiary/aromatic N) is 4. The maximum Gasteiger partial charge on any atom is 0.236 e. The Morgan fingerprint density at radius 2 is 1.67 bits per heavy atom. The lowest BCUT2D eigenvalue weighted by Crippen LogP contribution is -2.56. The number of hydrogen-bond donors (Lipinski definition) is 0. The molecule has 1 aromatic carbocycles. The number of carbonyl (C=O) groups is 2. The monoisotopic (exact) mass is 410 g/mol. The minimum atomic E-state index is 0.291. The van der Waals surface area contributed by atoms with Crippen LogP contribution in [-0.2, 0) is 11.2 Å². The van der Waals surface area contributed by atoms with Gasteiger partial charge in [0.2, 0.25) is 5.91 Å². The third-order valence-corrected chi connectivity index (χ3v) is 7.59. The second-order valence-corrected chi connectivity index (χ2v) is 9.38. The first-order valence-electron chi connectivity index (χ1n) is 11.8. The maximum atomic E-state index is 12.8. The van der Waals surface area contributed by atoms with E-state index in [1.807, 2.05) is 6.07 Å². The fourth-order valence-electron chi connectivity index (χ4n) is 5.37. The normalized spacial score (nSPS) is 23.9. The molecule has 0 unspecified atom stereocenters. The Balaban J connectivity index is 1.10. The van der Waals surface area contributed by atoms with Crippen molar-refractivity contribution in [3.8, 4) is 0 Å².